The fourth-order valence-electron chi connectivity index (χ4n) is 1.23. The molecule has 0 saturated carbocycles. The van der Waals surface area contributed by atoms with E-state index in [9.17, 15) is 9.59 Å². The second kappa shape index (κ2) is 8.31. The Hall–Kier alpha value is -1.89. The molecule has 0 fully saturated rings. The van der Waals surface area contributed by atoms with Crippen LogP contribution in [0.25, 0.3) is 0 Å². The molecule has 0 bridgehead atoms. The van der Waals surface area contributed by atoms with E-state index in [1.807, 2.05) is 13.8 Å². The van der Waals surface area contributed by atoms with Crippen LogP contribution in [0.1, 0.15) is 30.8 Å². The molecule has 6 nitrogen and oxygen atoms in total. The summed E-state index contributed by atoms with van der Waals surface area (Å²) in [5.74, 6) is -0.917. The lowest BCUT2D eigenvalue weighted by Gasteiger charge is -2.10. The molecule has 7 heteroatoms. The van der Waals surface area contributed by atoms with Crippen molar-refractivity contribution >= 4 is 28.3 Å². The Kier molecular flexibility index (Phi) is 6.72. The Morgan fingerprint density at radius 1 is 1.60 bits per heavy atom. The monoisotopic (exact) mass is 297 g/mol. The lowest BCUT2D eigenvalue weighted by molar-refractivity contribution is -0.124. The van der Waals surface area contributed by atoms with Crippen molar-refractivity contribution in [2.24, 2.45) is 0 Å². The number of hydrogen-bond acceptors (Lipinski definition) is 6. The second-order valence-electron chi connectivity index (χ2n) is 4.16. The topological polar surface area (TPSA) is 80.3 Å². The number of thiazole rings is 1. The molecule has 0 aromatic carbocycles. The molecule has 0 aliphatic heterocycles. The second-order valence-corrected chi connectivity index (χ2v) is 5.02. The number of aromatic nitrogens is 1. The first kappa shape index (κ1) is 16.2. The SMILES string of the molecule is C=CCNc1nc(C(=O)OCC(=O)NC(C)CC)cs1. The Bertz CT molecular complexity index is 473. The number of anilines is 1. The summed E-state index contributed by atoms with van der Waals surface area (Å²) >= 11 is 1.29. The van der Waals surface area contributed by atoms with Gasteiger partial charge in [-0.3, -0.25) is 4.79 Å². The number of rotatable bonds is 8. The van der Waals surface area contributed by atoms with Gasteiger partial charge in [-0.15, -0.1) is 17.9 Å². The third kappa shape index (κ3) is 5.40. The summed E-state index contributed by atoms with van der Waals surface area (Å²) in [6, 6.07) is 0.0650. The molecular weight excluding hydrogens is 278 g/mol. The van der Waals surface area contributed by atoms with Gasteiger partial charge in [-0.1, -0.05) is 13.0 Å². The van der Waals surface area contributed by atoms with Crippen molar-refractivity contribution in [1.29, 1.82) is 0 Å². The van der Waals surface area contributed by atoms with Crippen molar-refractivity contribution in [3.05, 3.63) is 23.7 Å². The minimum atomic E-state index is -0.604. The minimum Gasteiger partial charge on any atom is -0.451 e. The maximum absolute atomic E-state index is 11.7. The number of amides is 1. The number of carbonyl (C=O) groups is 2. The van der Waals surface area contributed by atoms with Gasteiger partial charge in [0.15, 0.2) is 17.4 Å². The number of esters is 1. The molecular formula is C13H19N3O3S. The summed E-state index contributed by atoms with van der Waals surface area (Å²) in [6.07, 6.45) is 2.52. The van der Waals surface area contributed by atoms with Crippen LogP contribution in [0.5, 0.6) is 0 Å². The molecule has 1 atom stereocenters. The van der Waals surface area contributed by atoms with Crippen molar-refractivity contribution in [3.63, 3.8) is 0 Å². The zero-order valence-electron chi connectivity index (χ0n) is 11.6. The number of nitrogens with one attached hydrogen (secondary N) is 2. The largest absolute Gasteiger partial charge is 0.451 e. The van der Waals surface area contributed by atoms with Crippen LogP contribution in [0.15, 0.2) is 18.0 Å². The average molecular weight is 297 g/mol. The summed E-state index contributed by atoms with van der Waals surface area (Å²) in [5, 5.41) is 7.88. The maximum atomic E-state index is 11.7. The zero-order chi connectivity index (χ0) is 15.0. The van der Waals surface area contributed by atoms with Crippen LogP contribution in [0.2, 0.25) is 0 Å². The summed E-state index contributed by atoms with van der Waals surface area (Å²) in [7, 11) is 0. The molecule has 1 rings (SSSR count). The van der Waals surface area contributed by atoms with Crippen molar-refractivity contribution in [2.75, 3.05) is 18.5 Å². The van der Waals surface area contributed by atoms with Crippen molar-refractivity contribution < 1.29 is 14.3 Å². The fraction of sp³-hybridized carbons (Fsp3) is 0.462. The first-order valence-electron chi connectivity index (χ1n) is 6.33. The first-order valence-corrected chi connectivity index (χ1v) is 7.21. The van der Waals surface area contributed by atoms with E-state index >= 15 is 0 Å². The van der Waals surface area contributed by atoms with Crippen molar-refractivity contribution in [1.82, 2.24) is 10.3 Å². The number of ether oxygens (including phenoxy) is 1. The summed E-state index contributed by atoms with van der Waals surface area (Å²) in [4.78, 5) is 27.2. The Morgan fingerprint density at radius 2 is 2.35 bits per heavy atom. The molecule has 0 aliphatic rings. The van der Waals surface area contributed by atoms with E-state index in [1.54, 1.807) is 11.5 Å². The highest BCUT2D eigenvalue weighted by atomic mass is 32.1. The van der Waals surface area contributed by atoms with Crippen LogP contribution in [-0.4, -0.2) is 36.1 Å². The summed E-state index contributed by atoms with van der Waals surface area (Å²) in [5.41, 5.74) is 0.193. The van der Waals surface area contributed by atoms with E-state index in [0.717, 1.165) is 6.42 Å². The van der Waals surface area contributed by atoms with Gasteiger partial charge in [0.05, 0.1) is 0 Å². The molecule has 1 aromatic rings. The minimum absolute atomic E-state index is 0.0650. The van der Waals surface area contributed by atoms with E-state index in [-0.39, 0.29) is 24.2 Å². The van der Waals surface area contributed by atoms with E-state index in [1.165, 1.54) is 11.3 Å². The molecule has 0 spiro atoms. The normalized spacial score (nSPS) is 11.5. The van der Waals surface area contributed by atoms with Crippen LogP contribution in [0, 0.1) is 0 Å². The van der Waals surface area contributed by atoms with Crippen LogP contribution >= 0.6 is 11.3 Å². The molecule has 20 heavy (non-hydrogen) atoms. The molecule has 1 heterocycles. The fourth-order valence-corrected chi connectivity index (χ4v) is 1.92. The molecule has 0 saturated heterocycles. The number of carbonyl (C=O) groups excluding carboxylic acids is 2. The van der Waals surface area contributed by atoms with Crippen LogP contribution < -0.4 is 10.6 Å². The van der Waals surface area contributed by atoms with E-state index in [4.69, 9.17) is 4.74 Å². The van der Waals surface area contributed by atoms with E-state index in [0.29, 0.717) is 11.7 Å². The third-order valence-corrected chi connectivity index (χ3v) is 3.27. The van der Waals surface area contributed by atoms with Gasteiger partial charge in [-0.25, -0.2) is 9.78 Å². The summed E-state index contributed by atoms with van der Waals surface area (Å²) in [6.45, 7) is 7.70. The third-order valence-electron chi connectivity index (χ3n) is 2.47. The quantitative estimate of drug-likeness (QED) is 0.565. The molecule has 2 N–H and O–H groups in total. The van der Waals surface area contributed by atoms with Gasteiger partial charge in [0.2, 0.25) is 0 Å². The van der Waals surface area contributed by atoms with Gasteiger partial charge in [-0.2, -0.15) is 0 Å². The standard InChI is InChI=1S/C13H19N3O3S/c1-4-6-14-13-16-10(8-20-13)12(18)19-7-11(17)15-9(3)5-2/h4,8-9H,1,5-7H2,2-3H3,(H,14,16)(H,15,17). The zero-order valence-corrected chi connectivity index (χ0v) is 12.5. The van der Waals surface area contributed by atoms with Gasteiger partial charge in [0.1, 0.15) is 0 Å². The predicted octanol–water partition coefficient (Wildman–Crippen LogP) is 1.81. The van der Waals surface area contributed by atoms with Gasteiger partial charge in [0.25, 0.3) is 5.91 Å². The van der Waals surface area contributed by atoms with Gasteiger partial charge in [-0.05, 0) is 13.3 Å². The Balaban J connectivity index is 2.40. The van der Waals surface area contributed by atoms with Gasteiger partial charge in [0, 0.05) is 18.0 Å². The van der Waals surface area contributed by atoms with Crippen LogP contribution in [0.4, 0.5) is 5.13 Å². The van der Waals surface area contributed by atoms with Crippen LogP contribution in [-0.2, 0) is 9.53 Å². The maximum Gasteiger partial charge on any atom is 0.358 e. The van der Waals surface area contributed by atoms with Crippen molar-refractivity contribution in [3.8, 4) is 0 Å². The Labute approximate surface area is 122 Å². The smallest absolute Gasteiger partial charge is 0.358 e. The average Bonchev–Trinajstić information content (AvgIpc) is 2.91. The van der Waals surface area contributed by atoms with Gasteiger partial charge < -0.3 is 15.4 Å². The summed E-state index contributed by atoms with van der Waals surface area (Å²) < 4.78 is 4.90. The van der Waals surface area contributed by atoms with E-state index < -0.39 is 5.97 Å². The highest BCUT2D eigenvalue weighted by Gasteiger charge is 2.14. The molecule has 110 valence electrons. The first-order chi connectivity index (χ1) is 9.56. The molecule has 1 aromatic heterocycles. The van der Waals surface area contributed by atoms with Crippen molar-refractivity contribution in [2.45, 2.75) is 26.3 Å². The Morgan fingerprint density at radius 3 is 3.00 bits per heavy atom. The number of nitrogens with zero attached hydrogens (tertiary/aromatic N) is 1. The molecule has 1 unspecified atom stereocenters. The predicted molar refractivity (Wildman–Crippen MR) is 79.0 cm³/mol. The lowest BCUT2D eigenvalue weighted by atomic mass is 10.2. The van der Waals surface area contributed by atoms with Crippen LogP contribution in [0.3, 0.4) is 0 Å². The highest BCUT2D eigenvalue weighted by Crippen LogP contribution is 2.15. The van der Waals surface area contributed by atoms with E-state index in [2.05, 4.69) is 22.2 Å². The molecule has 1 amide bonds. The molecule has 0 radical (unpaired) electrons. The lowest BCUT2D eigenvalue weighted by Crippen LogP contribution is -2.35. The number of hydrogen-bond donors (Lipinski definition) is 2. The molecule has 0 aliphatic carbocycles. The van der Waals surface area contributed by atoms with Gasteiger partial charge >= 0.3 is 5.97 Å². The highest BCUT2D eigenvalue weighted by molar-refractivity contribution is 7.13.